The van der Waals surface area contributed by atoms with Crippen LogP contribution in [-0.4, -0.2) is 10.2 Å². The fourth-order valence-electron chi connectivity index (χ4n) is 14.6. The van der Waals surface area contributed by atoms with Crippen molar-refractivity contribution in [3.05, 3.63) is 112 Å². The van der Waals surface area contributed by atoms with Crippen molar-refractivity contribution in [1.82, 2.24) is 4.40 Å². The molecule has 2 unspecified atom stereocenters. The molecule has 0 saturated heterocycles. The van der Waals surface area contributed by atoms with Gasteiger partial charge in [0.25, 0.3) is 0 Å². The average molecular weight is 718 g/mol. The molecule has 0 N–H and O–H groups in total. The van der Waals surface area contributed by atoms with Crippen LogP contribution < -0.4 is 0 Å². The van der Waals surface area contributed by atoms with Crippen molar-refractivity contribution in [2.24, 2.45) is 23.2 Å². The van der Waals surface area contributed by atoms with Crippen molar-refractivity contribution < 1.29 is 4.79 Å². The van der Waals surface area contributed by atoms with Gasteiger partial charge >= 0.3 is 0 Å². The fraction of sp³-hybridized carbons (Fsp3) is 0.415. The Morgan fingerprint density at radius 2 is 1.35 bits per heavy atom. The number of hydrogen-bond donors (Lipinski definition) is 0. The quantitative estimate of drug-likeness (QED) is 0.174. The Kier molecular flexibility index (Phi) is 5.83. The van der Waals surface area contributed by atoms with E-state index in [2.05, 4.69) is 118 Å². The van der Waals surface area contributed by atoms with Crippen molar-refractivity contribution in [2.75, 3.05) is 0 Å². The molecule has 5 aromatic carbocycles. The Hall–Kier alpha value is -4.43. The maximum Gasteiger partial charge on any atom is 0.169 e. The second-order valence-electron chi connectivity index (χ2n) is 20.5. The molecule has 2 nitrogen and oxygen atoms in total. The van der Waals surface area contributed by atoms with Crippen molar-refractivity contribution in [2.45, 2.75) is 115 Å². The summed E-state index contributed by atoms with van der Waals surface area (Å²) in [7, 11) is 0. The van der Waals surface area contributed by atoms with Crippen LogP contribution in [0.4, 0.5) is 0 Å². The van der Waals surface area contributed by atoms with Gasteiger partial charge in [-0.05, 0) is 173 Å². The van der Waals surface area contributed by atoms with Crippen LogP contribution in [0.15, 0.2) is 78.9 Å². The number of carbonyl (C=O) groups is 1. The van der Waals surface area contributed by atoms with Crippen LogP contribution in [0.2, 0.25) is 0 Å². The van der Waals surface area contributed by atoms with Crippen LogP contribution in [0, 0.1) is 23.2 Å². The number of carbonyl (C=O) groups excluding carboxylic acids is 1. The van der Waals surface area contributed by atoms with Gasteiger partial charge in [0, 0.05) is 37.9 Å². The highest BCUT2D eigenvalue weighted by molar-refractivity contribution is 6.26. The summed E-state index contributed by atoms with van der Waals surface area (Å²) in [6, 6.07) is 31.3. The van der Waals surface area contributed by atoms with Gasteiger partial charge in [-0.15, -0.1) is 0 Å². The summed E-state index contributed by atoms with van der Waals surface area (Å²) in [5.41, 5.74) is 17.6. The van der Waals surface area contributed by atoms with Crippen LogP contribution in [0.5, 0.6) is 0 Å². The predicted molar refractivity (Wildman–Crippen MR) is 227 cm³/mol. The number of nitrogens with zero attached hydrogens (tertiary/aromatic N) is 1. The van der Waals surface area contributed by atoms with Gasteiger partial charge in [0.15, 0.2) is 5.78 Å². The second-order valence-corrected chi connectivity index (χ2v) is 20.5. The molecule has 55 heavy (non-hydrogen) atoms. The van der Waals surface area contributed by atoms with Crippen molar-refractivity contribution in [1.29, 1.82) is 0 Å². The fourth-order valence-corrected chi connectivity index (χ4v) is 14.6. The Labute approximate surface area is 324 Å². The molecule has 6 bridgehead atoms. The van der Waals surface area contributed by atoms with Gasteiger partial charge in [-0.3, -0.25) is 4.79 Å². The van der Waals surface area contributed by atoms with E-state index in [9.17, 15) is 4.79 Å². The third kappa shape index (κ3) is 3.72. The van der Waals surface area contributed by atoms with Gasteiger partial charge < -0.3 is 4.40 Å². The molecule has 2 atom stereocenters. The first kappa shape index (κ1) is 31.7. The van der Waals surface area contributed by atoms with E-state index < -0.39 is 0 Å². The minimum Gasteiger partial charge on any atom is -0.308 e. The van der Waals surface area contributed by atoms with Crippen LogP contribution in [0.1, 0.15) is 142 Å². The lowest BCUT2D eigenvalue weighted by Gasteiger charge is -2.42. The maximum atomic E-state index is 15.0. The van der Waals surface area contributed by atoms with Gasteiger partial charge in [-0.1, -0.05) is 83.1 Å². The Bertz CT molecular complexity index is 2860. The highest BCUT2D eigenvalue weighted by atomic mass is 16.1. The molecule has 2 heterocycles. The smallest absolute Gasteiger partial charge is 0.169 e. The molecule has 274 valence electrons. The topological polar surface area (TPSA) is 21.5 Å². The zero-order valence-corrected chi connectivity index (χ0v) is 33.1. The molecule has 2 aromatic heterocycles. The zero-order valence-electron chi connectivity index (χ0n) is 33.1. The third-order valence-corrected chi connectivity index (χ3v) is 17.4. The first-order valence-corrected chi connectivity index (χ1v) is 21.7. The van der Waals surface area contributed by atoms with Crippen LogP contribution >= 0.6 is 0 Å². The SMILES string of the molecule is CC(C)C12CCC(C)(CC1)c1cc3c4cc(-c5cccc6c5-c5ccccc5C6(C)C)cc5c6c7c(ccc6n(c3cc1C2=O)c45)C1CC2CC(C1)CC7C2. The molecule has 7 aromatic rings. The summed E-state index contributed by atoms with van der Waals surface area (Å²) in [4.78, 5) is 15.0. The molecule has 0 radical (unpaired) electrons. The molecule has 8 aliphatic rings. The summed E-state index contributed by atoms with van der Waals surface area (Å²) in [6.45, 7) is 11.9. The number of rotatable bonds is 2. The first-order valence-electron chi connectivity index (χ1n) is 21.7. The molecule has 2 heteroatoms. The van der Waals surface area contributed by atoms with E-state index in [0.29, 0.717) is 23.5 Å². The lowest BCUT2D eigenvalue weighted by molar-refractivity contribution is 0.0543. The van der Waals surface area contributed by atoms with E-state index in [1.807, 2.05) is 0 Å². The lowest BCUT2D eigenvalue weighted by Crippen LogP contribution is -2.39. The van der Waals surface area contributed by atoms with Gasteiger partial charge in [0.1, 0.15) is 0 Å². The van der Waals surface area contributed by atoms with E-state index in [1.165, 1.54) is 109 Å². The highest BCUT2D eigenvalue weighted by Gasteiger charge is 2.53. The number of hydrogen-bond acceptors (Lipinski definition) is 1. The molecule has 3 fully saturated rings. The van der Waals surface area contributed by atoms with Crippen molar-refractivity contribution in [3.63, 3.8) is 0 Å². The largest absolute Gasteiger partial charge is 0.308 e. The minimum atomic E-state index is -0.251. The summed E-state index contributed by atoms with van der Waals surface area (Å²) in [5.74, 6) is 3.84. The Morgan fingerprint density at radius 1 is 0.636 bits per heavy atom. The van der Waals surface area contributed by atoms with Crippen LogP contribution in [0.3, 0.4) is 0 Å². The van der Waals surface area contributed by atoms with E-state index in [-0.39, 0.29) is 16.2 Å². The molecule has 0 spiro atoms. The van der Waals surface area contributed by atoms with E-state index in [1.54, 1.807) is 11.1 Å². The number of aromatic nitrogens is 1. The van der Waals surface area contributed by atoms with E-state index in [0.717, 1.165) is 43.1 Å². The molecular formula is C53H51NO. The number of benzene rings is 5. The molecule has 15 rings (SSSR count). The number of fused-ring (bicyclic) bond motifs is 11. The Balaban J connectivity index is 1.18. The summed E-state index contributed by atoms with van der Waals surface area (Å²) in [6.07, 6.45) is 11.1. The minimum absolute atomic E-state index is 0.0240. The standard InChI is InChI=1S/C53H51NO/c1-28(2)53-17-15-52(5,16-18-53)43-26-37-38-24-32(34-10-8-12-42-47(34)36-9-6-7-11-41(36)51(42,3)4)25-40-48-44(54(49(38)40)45(37)27-39(43)50(53)55)14-13-35-31-20-29-19-30(21-31)23-33(22-29)46(35)48/h6-14,24-31,33H,15-23H2,1-5H3. The average Bonchev–Trinajstić information content (AvgIpc) is 3.68. The molecule has 0 amide bonds. The molecular weight excluding hydrogens is 667 g/mol. The zero-order chi connectivity index (χ0) is 36.9. The predicted octanol–water partition coefficient (Wildman–Crippen LogP) is 13.9. The van der Waals surface area contributed by atoms with Gasteiger partial charge in [-0.2, -0.15) is 0 Å². The second kappa shape index (κ2) is 10.1. The van der Waals surface area contributed by atoms with E-state index in [4.69, 9.17) is 0 Å². The summed E-state index contributed by atoms with van der Waals surface area (Å²) in [5, 5.41) is 5.61. The van der Waals surface area contributed by atoms with E-state index >= 15 is 0 Å². The third-order valence-electron chi connectivity index (χ3n) is 17.4. The van der Waals surface area contributed by atoms with Crippen LogP contribution in [0.25, 0.3) is 60.3 Å². The Morgan fingerprint density at radius 3 is 2.13 bits per heavy atom. The lowest BCUT2D eigenvalue weighted by atomic mass is 9.60. The summed E-state index contributed by atoms with van der Waals surface area (Å²) >= 11 is 0. The van der Waals surface area contributed by atoms with Gasteiger partial charge in [0.2, 0.25) is 0 Å². The molecule has 8 aliphatic carbocycles. The van der Waals surface area contributed by atoms with Crippen molar-refractivity contribution in [3.8, 4) is 22.3 Å². The molecule has 3 saturated carbocycles. The van der Waals surface area contributed by atoms with Gasteiger partial charge in [0.05, 0.1) is 16.6 Å². The number of Topliss-reactive ketones (excluding diaryl/α,β-unsaturated/α-hetero) is 1. The number of ketones is 1. The maximum absolute atomic E-state index is 15.0. The molecule has 0 aliphatic heterocycles. The highest BCUT2D eigenvalue weighted by Crippen LogP contribution is 2.61. The monoisotopic (exact) mass is 717 g/mol. The van der Waals surface area contributed by atoms with Crippen molar-refractivity contribution >= 4 is 43.9 Å². The van der Waals surface area contributed by atoms with Gasteiger partial charge in [-0.25, -0.2) is 0 Å². The normalized spacial score (nSPS) is 29.7. The van der Waals surface area contributed by atoms with Crippen LogP contribution in [-0.2, 0) is 10.8 Å². The first-order chi connectivity index (χ1) is 26.6. The summed E-state index contributed by atoms with van der Waals surface area (Å²) < 4.78 is 2.62.